The van der Waals surface area contributed by atoms with Crippen LogP contribution in [0.15, 0.2) is 42.5 Å². The van der Waals surface area contributed by atoms with Crippen molar-refractivity contribution in [1.82, 2.24) is 10.3 Å². The molecular weight excluding hydrogens is 412 g/mol. The fourth-order valence-corrected chi connectivity index (χ4v) is 3.60. The summed E-state index contributed by atoms with van der Waals surface area (Å²) in [4.78, 5) is 27.2. The van der Waals surface area contributed by atoms with Gasteiger partial charge in [-0.05, 0) is 42.9 Å². The largest absolute Gasteiger partial charge is 0.494 e. The minimum absolute atomic E-state index is 0.00961. The lowest BCUT2D eigenvalue weighted by atomic mass is 10.2. The molecule has 150 valence electrons. The Bertz CT molecular complexity index is 1070. The molecule has 0 spiro atoms. The SMILES string of the molecule is CCCCOc1cccc(C(=O)NC(=S)Nc2nc3ccc([N+](=O)[O-])cc3s2)c1. The highest BCUT2D eigenvalue weighted by Gasteiger charge is 2.13. The van der Waals surface area contributed by atoms with E-state index in [2.05, 4.69) is 22.5 Å². The number of fused-ring (bicyclic) bond motifs is 1. The molecule has 0 aliphatic carbocycles. The van der Waals surface area contributed by atoms with E-state index < -0.39 is 4.92 Å². The van der Waals surface area contributed by atoms with Gasteiger partial charge in [-0.1, -0.05) is 30.7 Å². The standard InChI is InChI=1S/C19H18N4O4S2/c1-2-3-9-27-14-6-4-5-12(10-14)17(24)21-18(28)22-19-20-15-8-7-13(23(25)26)11-16(15)29-19/h4-8,10-11H,2-3,9H2,1H3,(H2,20,21,22,24,28). The lowest BCUT2D eigenvalue weighted by molar-refractivity contribution is -0.384. The normalized spacial score (nSPS) is 10.5. The van der Waals surface area contributed by atoms with Crippen LogP contribution in [0.3, 0.4) is 0 Å². The van der Waals surface area contributed by atoms with E-state index in [1.54, 1.807) is 30.3 Å². The zero-order valence-electron chi connectivity index (χ0n) is 15.5. The van der Waals surface area contributed by atoms with Gasteiger partial charge in [-0.15, -0.1) is 0 Å². The molecule has 0 aliphatic rings. The molecule has 29 heavy (non-hydrogen) atoms. The number of thiazole rings is 1. The van der Waals surface area contributed by atoms with E-state index in [-0.39, 0.29) is 16.7 Å². The van der Waals surface area contributed by atoms with E-state index in [0.29, 0.717) is 33.3 Å². The number of aromatic nitrogens is 1. The molecule has 0 saturated heterocycles. The number of nitro groups is 1. The molecule has 3 aromatic rings. The molecule has 1 aromatic heterocycles. The van der Waals surface area contributed by atoms with E-state index in [9.17, 15) is 14.9 Å². The molecule has 3 rings (SSSR count). The highest BCUT2D eigenvalue weighted by molar-refractivity contribution is 7.80. The number of hydrogen-bond donors (Lipinski definition) is 2. The maximum Gasteiger partial charge on any atom is 0.270 e. The summed E-state index contributed by atoms with van der Waals surface area (Å²) in [5, 5.41) is 16.8. The summed E-state index contributed by atoms with van der Waals surface area (Å²) in [6.07, 6.45) is 1.97. The van der Waals surface area contributed by atoms with Crippen LogP contribution in [0.5, 0.6) is 5.75 Å². The van der Waals surface area contributed by atoms with Gasteiger partial charge in [-0.3, -0.25) is 20.2 Å². The summed E-state index contributed by atoms with van der Waals surface area (Å²) in [6, 6.07) is 11.3. The molecule has 0 fully saturated rings. The van der Waals surface area contributed by atoms with Crippen LogP contribution in [0.25, 0.3) is 10.2 Å². The van der Waals surface area contributed by atoms with Gasteiger partial charge in [0.15, 0.2) is 10.2 Å². The van der Waals surface area contributed by atoms with E-state index >= 15 is 0 Å². The minimum atomic E-state index is -0.461. The molecule has 0 saturated carbocycles. The number of nitrogens with one attached hydrogen (secondary N) is 2. The molecule has 0 aliphatic heterocycles. The van der Waals surface area contributed by atoms with Gasteiger partial charge in [0.2, 0.25) is 0 Å². The molecule has 0 bridgehead atoms. The predicted molar refractivity (Wildman–Crippen MR) is 117 cm³/mol. The van der Waals surface area contributed by atoms with E-state index in [0.717, 1.165) is 12.8 Å². The van der Waals surface area contributed by atoms with E-state index in [1.165, 1.54) is 23.5 Å². The summed E-state index contributed by atoms with van der Waals surface area (Å²) in [5.41, 5.74) is 1.02. The van der Waals surface area contributed by atoms with Crippen LogP contribution in [-0.2, 0) is 0 Å². The average molecular weight is 431 g/mol. The van der Waals surface area contributed by atoms with Crippen molar-refractivity contribution in [3.8, 4) is 5.75 Å². The van der Waals surface area contributed by atoms with Crippen LogP contribution in [0.4, 0.5) is 10.8 Å². The van der Waals surface area contributed by atoms with Gasteiger partial charge in [0.25, 0.3) is 11.6 Å². The first kappa shape index (κ1) is 20.6. The Morgan fingerprint density at radius 1 is 1.31 bits per heavy atom. The van der Waals surface area contributed by atoms with Crippen molar-refractivity contribution in [3.63, 3.8) is 0 Å². The van der Waals surface area contributed by atoms with Crippen LogP contribution < -0.4 is 15.4 Å². The third kappa shape index (κ3) is 5.46. The Kier molecular flexibility index (Phi) is 6.68. The zero-order chi connectivity index (χ0) is 20.8. The second-order valence-corrected chi connectivity index (χ2v) is 7.51. The van der Waals surface area contributed by atoms with Crippen LogP contribution in [0.1, 0.15) is 30.1 Å². The monoisotopic (exact) mass is 430 g/mol. The van der Waals surface area contributed by atoms with Crippen LogP contribution >= 0.6 is 23.6 Å². The fourth-order valence-electron chi connectivity index (χ4n) is 2.45. The van der Waals surface area contributed by atoms with E-state index in [4.69, 9.17) is 17.0 Å². The fraction of sp³-hybridized carbons (Fsp3) is 0.211. The number of benzene rings is 2. The van der Waals surface area contributed by atoms with Crippen molar-refractivity contribution in [1.29, 1.82) is 0 Å². The van der Waals surface area contributed by atoms with E-state index in [1.807, 2.05) is 0 Å². The number of hydrogen-bond acceptors (Lipinski definition) is 7. The predicted octanol–water partition coefficient (Wildman–Crippen LogP) is 4.51. The van der Waals surface area contributed by atoms with Crippen molar-refractivity contribution >= 4 is 55.6 Å². The number of carbonyl (C=O) groups excluding carboxylic acids is 1. The highest BCUT2D eigenvalue weighted by atomic mass is 32.1. The minimum Gasteiger partial charge on any atom is -0.494 e. The van der Waals surface area contributed by atoms with Gasteiger partial charge >= 0.3 is 0 Å². The lowest BCUT2D eigenvalue weighted by Crippen LogP contribution is -2.34. The molecule has 2 aromatic carbocycles. The summed E-state index contributed by atoms with van der Waals surface area (Å²) < 4.78 is 6.26. The summed E-state index contributed by atoms with van der Waals surface area (Å²) in [5.74, 6) is 0.248. The third-order valence-electron chi connectivity index (χ3n) is 3.89. The first-order chi connectivity index (χ1) is 14.0. The summed E-state index contributed by atoms with van der Waals surface area (Å²) >= 11 is 6.40. The first-order valence-electron chi connectivity index (χ1n) is 8.86. The molecule has 0 atom stereocenters. The Labute approximate surface area is 176 Å². The molecule has 10 heteroatoms. The third-order valence-corrected chi connectivity index (χ3v) is 5.03. The van der Waals surface area contributed by atoms with Gasteiger partial charge in [0.1, 0.15) is 5.75 Å². The maximum absolute atomic E-state index is 12.4. The maximum atomic E-state index is 12.4. The van der Waals surface area contributed by atoms with Crippen molar-refractivity contribution in [3.05, 3.63) is 58.1 Å². The van der Waals surface area contributed by atoms with Crippen LogP contribution in [0.2, 0.25) is 0 Å². The first-order valence-corrected chi connectivity index (χ1v) is 10.1. The summed E-state index contributed by atoms with van der Waals surface area (Å²) in [7, 11) is 0. The van der Waals surface area contributed by atoms with Gasteiger partial charge in [0, 0.05) is 17.7 Å². The number of nitro benzene ring substituents is 1. The molecule has 2 N–H and O–H groups in total. The van der Waals surface area contributed by atoms with Gasteiger partial charge < -0.3 is 10.1 Å². The zero-order valence-corrected chi connectivity index (χ0v) is 17.1. The van der Waals surface area contributed by atoms with Crippen LogP contribution in [-0.4, -0.2) is 27.5 Å². The number of amides is 1. The van der Waals surface area contributed by atoms with Crippen molar-refractivity contribution in [2.45, 2.75) is 19.8 Å². The molecule has 8 nitrogen and oxygen atoms in total. The number of carbonyl (C=O) groups is 1. The molecule has 1 heterocycles. The highest BCUT2D eigenvalue weighted by Crippen LogP contribution is 2.29. The number of thiocarbonyl (C=S) groups is 1. The lowest BCUT2D eigenvalue weighted by Gasteiger charge is -2.09. The quantitative estimate of drug-likeness (QED) is 0.246. The smallest absolute Gasteiger partial charge is 0.270 e. The Balaban J connectivity index is 1.63. The average Bonchev–Trinajstić information content (AvgIpc) is 3.09. The topological polar surface area (TPSA) is 106 Å². The van der Waals surface area contributed by atoms with Gasteiger partial charge in [-0.25, -0.2) is 4.98 Å². The summed E-state index contributed by atoms with van der Waals surface area (Å²) in [6.45, 7) is 2.67. The molecule has 0 unspecified atom stereocenters. The Morgan fingerprint density at radius 3 is 2.90 bits per heavy atom. The number of rotatable bonds is 7. The molecular formula is C19H18N4O4S2. The second kappa shape index (κ2) is 9.39. The van der Waals surface area contributed by atoms with Gasteiger partial charge in [-0.2, -0.15) is 0 Å². The number of ether oxygens (including phenoxy) is 1. The molecule has 1 amide bonds. The van der Waals surface area contributed by atoms with Crippen molar-refractivity contribution in [2.75, 3.05) is 11.9 Å². The van der Waals surface area contributed by atoms with Crippen molar-refractivity contribution < 1.29 is 14.5 Å². The second-order valence-electron chi connectivity index (χ2n) is 6.07. The van der Waals surface area contributed by atoms with Crippen LogP contribution in [0, 0.1) is 10.1 Å². The number of nitrogens with zero attached hydrogens (tertiary/aromatic N) is 2. The Hall–Kier alpha value is -3.11. The van der Waals surface area contributed by atoms with Crippen molar-refractivity contribution in [2.24, 2.45) is 0 Å². The van der Waals surface area contributed by atoms with Gasteiger partial charge in [0.05, 0.1) is 21.7 Å². The number of unbranched alkanes of at least 4 members (excludes halogenated alkanes) is 1. The number of non-ortho nitro benzene ring substituents is 1. The molecule has 0 radical (unpaired) electrons. The number of anilines is 1. The Morgan fingerprint density at radius 2 is 2.14 bits per heavy atom.